The Kier molecular flexibility index (Phi) is 6.70. The zero-order valence-electron chi connectivity index (χ0n) is 21.3. The molecule has 9 nitrogen and oxygen atoms in total. The van der Waals surface area contributed by atoms with Crippen LogP contribution in [-0.2, 0) is 23.6 Å². The summed E-state index contributed by atoms with van der Waals surface area (Å²) in [6, 6.07) is 16.1. The van der Waals surface area contributed by atoms with Gasteiger partial charge in [0, 0.05) is 44.5 Å². The highest BCUT2D eigenvalue weighted by molar-refractivity contribution is 7.92. The summed E-state index contributed by atoms with van der Waals surface area (Å²) < 4.78 is 36.0. The Labute approximate surface area is 217 Å². The molecule has 0 radical (unpaired) electrons. The van der Waals surface area contributed by atoms with Gasteiger partial charge in [0.05, 0.1) is 11.9 Å². The van der Waals surface area contributed by atoms with Crippen LogP contribution in [0.1, 0.15) is 22.3 Å². The number of hydrogen-bond donors (Lipinski definition) is 1. The van der Waals surface area contributed by atoms with E-state index < -0.39 is 10.0 Å². The van der Waals surface area contributed by atoms with Gasteiger partial charge in [-0.3, -0.25) is 9.58 Å². The summed E-state index contributed by atoms with van der Waals surface area (Å²) in [5.41, 5.74) is 6.14. The second-order valence-electron chi connectivity index (χ2n) is 9.50. The number of sulfonamides is 1. The van der Waals surface area contributed by atoms with E-state index >= 15 is 0 Å². The minimum atomic E-state index is -3.92. The van der Waals surface area contributed by atoms with E-state index in [1.807, 2.05) is 38.1 Å². The highest BCUT2D eigenvalue weighted by Crippen LogP contribution is 2.30. The zero-order valence-corrected chi connectivity index (χ0v) is 22.2. The highest BCUT2D eigenvalue weighted by Gasteiger charge is 2.30. The molecule has 0 saturated carbocycles. The molecule has 2 aromatic carbocycles. The predicted octanol–water partition coefficient (Wildman–Crippen LogP) is 3.87. The highest BCUT2D eigenvalue weighted by atomic mass is 32.2. The fraction of sp³-hybridized carbons (Fsp3) is 0.296. The molecule has 1 aliphatic heterocycles. The first-order valence-corrected chi connectivity index (χ1v) is 13.6. The van der Waals surface area contributed by atoms with Crippen LogP contribution >= 0.6 is 0 Å². The van der Waals surface area contributed by atoms with Crippen LogP contribution in [0.5, 0.6) is 5.88 Å². The Bertz CT molecular complexity index is 1520. The van der Waals surface area contributed by atoms with E-state index in [1.165, 1.54) is 28.2 Å². The average molecular weight is 519 g/mol. The number of benzene rings is 2. The molecule has 192 valence electrons. The van der Waals surface area contributed by atoms with Crippen molar-refractivity contribution in [3.8, 4) is 17.1 Å². The summed E-state index contributed by atoms with van der Waals surface area (Å²) in [6.07, 6.45) is 2.66. The van der Waals surface area contributed by atoms with Gasteiger partial charge in [-0.25, -0.2) is 18.1 Å². The third-order valence-electron chi connectivity index (χ3n) is 6.52. The Morgan fingerprint density at radius 3 is 2.38 bits per heavy atom. The smallest absolute Gasteiger partial charge is 0.267 e. The van der Waals surface area contributed by atoms with E-state index in [2.05, 4.69) is 49.8 Å². The van der Waals surface area contributed by atoms with Crippen molar-refractivity contribution in [3.63, 3.8) is 0 Å². The molecule has 0 amide bonds. The minimum absolute atomic E-state index is 0.0318. The lowest BCUT2D eigenvalue weighted by Gasteiger charge is -2.39. The molecule has 0 atom stereocenters. The van der Waals surface area contributed by atoms with Crippen LogP contribution in [-0.4, -0.2) is 52.3 Å². The van der Waals surface area contributed by atoms with Gasteiger partial charge in [-0.05, 0) is 43.0 Å². The number of hydrogen-bond acceptors (Lipinski definition) is 7. The van der Waals surface area contributed by atoms with E-state index in [0.717, 1.165) is 36.3 Å². The van der Waals surface area contributed by atoms with Crippen molar-refractivity contribution >= 4 is 16.0 Å². The van der Waals surface area contributed by atoms with Crippen LogP contribution in [0.2, 0.25) is 0 Å². The van der Waals surface area contributed by atoms with Gasteiger partial charge < -0.3 is 4.74 Å². The molecular formula is C27H30N6O3S. The van der Waals surface area contributed by atoms with E-state index in [0.29, 0.717) is 11.6 Å². The Morgan fingerprint density at radius 2 is 1.70 bits per heavy atom. The summed E-state index contributed by atoms with van der Waals surface area (Å²) in [7, 11) is -2.26. The Balaban J connectivity index is 1.39. The summed E-state index contributed by atoms with van der Waals surface area (Å²) in [5, 5.41) is 3.96. The molecule has 3 heterocycles. The lowest BCUT2D eigenvalue weighted by molar-refractivity contribution is 0.0118. The third-order valence-corrected chi connectivity index (χ3v) is 7.81. The lowest BCUT2D eigenvalue weighted by Crippen LogP contribution is -2.53. The topological polar surface area (TPSA) is 102 Å². The summed E-state index contributed by atoms with van der Waals surface area (Å²) in [6.45, 7) is 8.49. The van der Waals surface area contributed by atoms with Crippen LogP contribution in [0, 0.1) is 20.8 Å². The molecule has 2 aromatic heterocycles. The van der Waals surface area contributed by atoms with Crippen LogP contribution in [0.25, 0.3) is 11.3 Å². The van der Waals surface area contributed by atoms with Crippen molar-refractivity contribution in [2.45, 2.75) is 38.3 Å². The largest absolute Gasteiger partial charge is 0.471 e. The predicted molar refractivity (Wildman–Crippen MR) is 142 cm³/mol. The van der Waals surface area contributed by atoms with Crippen molar-refractivity contribution in [2.75, 3.05) is 17.8 Å². The molecule has 1 saturated heterocycles. The van der Waals surface area contributed by atoms with Crippen LogP contribution < -0.4 is 9.46 Å². The number of rotatable bonds is 8. The van der Waals surface area contributed by atoms with Gasteiger partial charge in [0.25, 0.3) is 10.0 Å². The van der Waals surface area contributed by atoms with Crippen molar-refractivity contribution in [2.24, 2.45) is 7.05 Å². The van der Waals surface area contributed by atoms with Crippen LogP contribution in [0.3, 0.4) is 0 Å². The second kappa shape index (κ2) is 9.95. The normalized spacial score (nSPS) is 14.4. The summed E-state index contributed by atoms with van der Waals surface area (Å²) in [4.78, 5) is 11.3. The number of aryl methyl sites for hydroxylation is 4. The molecule has 1 aliphatic rings. The Hall–Kier alpha value is -3.76. The first-order valence-electron chi connectivity index (χ1n) is 12.1. The maximum Gasteiger partial charge on any atom is 0.267 e. The lowest BCUT2D eigenvalue weighted by atomic mass is 10.00. The number of ether oxygens (including phenoxy) is 1. The van der Waals surface area contributed by atoms with Gasteiger partial charge in [0.2, 0.25) is 11.8 Å². The van der Waals surface area contributed by atoms with Gasteiger partial charge in [0.1, 0.15) is 11.0 Å². The molecule has 0 unspecified atom stereocenters. The van der Waals surface area contributed by atoms with Gasteiger partial charge >= 0.3 is 0 Å². The molecule has 0 bridgehead atoms. The van der Waals surface area contributed by atoms with Crippen molar-refractivity contribution in [1.82, 2.24) is 24.6 Å². The standard InChI is InChI=1S/C27H30N6O3S/c1-18-8-5-6-11-21(18)14-33-15-22(16-33)36-25-12-24(26-19(2)9-7-10-20(26)3)29-27(30-25)31-37(34,35)23-13-28-32(4)17-23/h5-13,17,22H,14-16H2,1-4H3,(H,29,30,31). The molecule has 0 spiro atoms. The minimum Gasteiger partial charge on any atom is -0.471 e. The van der Waals surface area contributed by atoms with E-state index in [9.17, 15) is 8.42 Å². The Morgan fingerprint density at radius 1 is 1.00 bits per heavy atom. The summed E-state index contributed by atoms with van der Waals surface area (Å²) in [5.74, 6) is 0.284. The van der Waals surface area contributed by atoms with Crippen LogP contribution in [0.4, 0.5) is 5.95 Å². The molecule has 37 heavy (non-hydrogen) atoms. The van der Waals surface area contributed by atoms with E-state index in [4.69, 9.17) is 4.74 Å². The van der Waals surface area contributed by atoms with Crippen molar-refractivity contribution in [3.05, 3.63) is 83.2 Å². The zero-order chi connectivity index (χ0) is 26.2. The molecular weight excluding hydrogens is 488 g/mol. The van der Waals surface area contributed by atoms with E-state index in [1.54, 1.807) is 13.1 Å². The molecule has 10 heteroatoms. The van der Waals surface area contributed by atoms with Crippen LogP contribution in [0.15, 0.2) is 65.8 Å². The molecule has 0 aliphatic carbocycles. The third kappa shape index (κ3) is 5.50. The number of anilines is 1. The van der Waals surface area contributed by atoms with Gasteiger partial charge in [0.15, 0.2) is 0 Å². The maximum atomic E-state index is 12.9. The number of aromatic nitrogens is 4. The van der Waals surface area contributed by atoms with Crippen molar-refractivity contribution in [1.29, 1.82) is 0 Å². The van der Waals surface area contributed by atoms with Crippen molar-refractivity contribution < 1.29 is 13.2 Å². The first-order chi connectivity index (χ1) is 17.7. The van der Waals surface area contributed by atoms with Gasteiger partial charge in [-0.15, -0.1) is 0 Å². The van der Waals surface area contributed by atoms with Gasteiger partial charge in [-0.1, -0.05) is 42.5 Å². The fourth-order valence-corrected chi connectivity index (χ4v) is 5.45. The number of nitrogens with one attached hydrogen (secondary N) is 1. The molecule has 1 fully saturated rings. The maximum absolute atomic E-state index is 12.9. The number of likely N-dealkylation sites (tertiary alicyclic amines) is 1. The molecule has 5 rings (SSSR count). The molecule has 4 aromatic rings. The van der Waals surface area contributed by atoms with E-state index in [-0.39, 0.29) is 16.9 Å². The monoisotopic (exact) mass is 518 g/mol. The second-order valence-corrected chi connectivity index (χ2v) is 11.2. The summed E-state index contributed by atoms with van der Waals surface area (Å²) >= 11 is 0. The van der Waals surface area contributed by atoms with Gasteiger partial charge in [-0.2, -0.15) is 10.1 Å². The SMILES string of the molecule is Cc1ccccc1CN1CC(Oc2cc(-c3c(C)cccc3C)nc(NS(=O)(=O)c3cnn(C)c3)n2)C1. The first kappa shape index (κ1) is 24.9. The average Bonchev–Trinajstić information content (AvgIpc) is 3.26. The number of nitrogens with zero attached hydrogens (tertiary/aromatic N) is 5. The fourth-order valence-electron chi connectivity index (χ4n) is 4.52. The molecule has 1 N–H and O–H groups in total. The quantitative estimate of drug-likeness (QED) is 0.378.